The molecule has 0 atom stereocenters. The first-order valence-electron chi connectivity index (χ1n) is 4.04. The monoisotopic (exact) mass is 192 g/mol. The molecule has 0 amide bonds. The van der Waals surface area contributed by atoms with E-state index >= 15 is 0 Å². The smallest absolute Gasteiger partial charge is 0.308 e. The van der Waals surface area contributed by atoms with Crippen molar-refractivity contribution >= 4 is 18.4 Å². The first-order valence-corrected chi connectivity index (χ1v) is 4.04. The summed E-state index contributed by atoms with van der Waals surface area (Å²) in [6.07, 6.45) is 5.91. The Morgan fingerprint density at radius 2 is 2.21 bits per heavy atom. The average molecular weight is 192 g/mol. The second-order valence-corrected chi connectivity index (χ2v) is 2.88. The van der Waals surface area contributed by atoms with Gasteiger partial charge in [-0.25, -0.2) is 4.98 Å². The molecule has 2 rings (SSSR count). The molecular formula is C8H8N4O2. The zero-order chi connectivity index (χ0) is 10.0. The highest BCUT2D eigenvalue weighted by atomic mass is 16.4. The third-order valence-electron chi connectivity index (χ3n) is 1.92. The fourth-order valence-electron chi connectivity index (χ4n) is 1.34. The van der Waals surface area contributed by atoms with E-state index in [0.717, 1.165) is 0 Å². The van der Waals surface area contributed by atoms with Crippen LogP contribution in [0, 0.1) is 0 Å². The average Bonchev–Trinajstić information content (AvgIpc) is 2.69. The number of hydrogen-bond acceptors (Lipinski definition) is 4. The third-order valence-corrected chi connectivity index (χ3v) is 1.92. The maximum absolute atomic E-state index is 10.7. The zero-order valence-electron chi connectivity index (χ0n) is 7.21. The number of aromatic nitrogens is 2. The molecule has 1 aromatic heterocycles. The van der Waals surface area contributed by atoms with Crippen LogP contribution in [0.5, 0.6) is 0 Å². The van der Waals surface area contributed by atoms with Crippen molar-refractivity contribution in [1.82, 2.24) is 9.97 Å². The predicted molar refractivity (Wildman–Crippen MR) is 49.5 cm³/mol. The van der Waals surface area contributed by atoms with Crippen LogP contribution in [0.4, 0.5) is 0 Å². The molecule has 6 heteroatoms. The Balaban J connectivity index is 2.37. The van der Waals surface area contributed by atoms with Gasteiger partial charge in [0.2, 0.25) is 5.66 Å². The molecule has 72 valence electrons. The highest BCUT2D eigenvalue weighted by Gasteiger charge is 2.37. The summed E-state index contributed by atoms with van der Waals surface area (Å²) in [7, 11) is 0. The molecule has 0 saturated carbocycles. The van der Waals surface area contributed by atoms with E-state index in [1.54, 1.807) is 12.4 Å². The lowest BCUT2D eigenvalue weighted by Gasteiger charge is -2.17. The van der Waals surface area contributed by atoms with Crippen LogP contribution in [0.3, 0.4) is 0 Å². The van der Waals surface area contributed by atoms with Gasteiger partial charge in [-0.2, -0.15) is 0 Å². The summed E-state index contributed by atoms with van der Waals surface area (Å²) in [4.78, 5) is 25.5. The number of aliphatic imine (C=N–C) groups is 2. The summed E-state index contributed by atoms with van der Waals surface area (Å²) in [6.45, 7) is 0. The van der Waals surface area contributed by atoms with E-state index in [4.69, 9.17) is 5.11 Å². The largest absolute Gasteiger partial charge is 0.481 e. The van der Waals surface area contributed by atoms with Crippen LogP contribution in [0.15, 0.2) is 22.4 Å². The van der Waals surface area contributed by atoms with Crippen molar-refractivity contribution in [3.63, 3.8) is 0 Å². The lowest BCUT2D eigenvalue weighted by molar-refractivity contribution is -0.138. The van der Waals surface area contributed by atoms with Crippen molar-refractivity contribution in [3.8, 4) is 0 Å². The Bertz CT molecular complexity index is 381. The summed E-state index contributed by atoms with van der Waals surface area (Å²) in [5.74, 6) is -0.512. The molecule has 1 aliphatic heterocycles. The van der Waals surface area contributed by atoms with E-state index in [9.17, 15) is 4.79 Å². The van der Waals surface area contributed by atoms with Gasteiger partial charge < -0.3 is 10.1 Å². The molecule has 0 spiro atoms. The van der Waals surface area contributed by atoms with Crippen molar-refractivity contribution in [2.45, 2.75) is 12.1 Å². The Morgan fingerprint density at radius 1 is 1.50 bits per heavy atom. The fraction of sp³-hybridized carbons (Fsp3) is 0.250. The summed E-state index contributed by atoms with van der Waals surface area (Å²) in [5, 5.41) is 8.75. The minimum atomic E-state index is -1.09. The number of carboxylic acids is 1. The number of imidazole rings is 1. The quantitative estimate of drug-likeness (QED) is 0.716. The molecule has 0 fully saturated rings. The summed E-state index contributed by atoms with van der Waals surface area (Å²) < 4.78 is 0. The molecule has 6 nitrogen and oxygen atoms in total. The highest BCUT2D eigenvalue weighted by Crippen LogP contribution is 2.30. The van der Waals surface area contributed by atoms with Crippen molar-refractivity contribution in [2.75, 3.05) is 0 Å². The molecule has 0 aliphatic carbocycles. The zero-order valence-corrected chi connectivity index (χ0v) is 7.21. The molecule has 0 aromatic carbocycles. The van der Waals surface area contributed by atoms with Gasteiger partial charge in [-0.1, -0.05) is 0 Å². The standard InChI is InChI=1S/C8H8N4O2/c13-6(14)5-8(11-3-4-12-8)7-9-1-2-10-7/h1-4H,5H2,(H,9,10)(H,13,14). The normalized spacial score (nSPS) is 17.4. The molecule has 0 radical (unpaired) electrons. The number of nitrogens with zero attached hydrogens (tertiary/aromatic N) is 3. The fourth-order valence-corrected chi connectivity index (χ4v) is 1.34. The van der Waals surface area contributed by atoms with E-state index in [1.807, 2.05) is 0 Å². The van der Waals surface area contributed by atoms with Crippen molar-refractivity contribution in [1.29, 1.82) is 0 Å². The van der Waals surface area contributed by atoms with Crippen LogP contribution in [-0.4, -0.2) is 33.5 Å². The molecule has 0 unspecified atom stereocenters. The van der Waals surface area contributed by atoms with Gasteiger partial charge in [0.25, 0.3) is 0 Å². The Hall–Kier alpha value is -1.98. The molecular weight excluding hydrogens is 184 g/mol. The van der Waals surface area contributed by atoms with E-state index in [1.165, 1.54) is 12.4 Å². The lowest BCUT2D eigenvalue weighted by Crippen LogP contribution is -2.24. The van der Waals surface area contributed by atoms with Crippen LogP contribution in [0.1, 0.15) is 12.2 Å². The van der Waals surface area contributed by atoms with Gasteiger partial charge >= 0.3 is 5.97 Å². The number of aromatic amines is 1. The summed E-state index contributed by atoms with van der Waals surface area (Å²) in [6, 6.07) is 0. The number of aliphatic carboxylic acids is 1. The predicted octanol–water partition coefficient (Wildman–Crippen LogP) is 0.192. The topological polar surface area (TPSA) is 90.7 Å². The third kappa shape index (κ3) is 1.30. The minimum Gasteiger partial charge on any atom is -0.481 e. The molecule has 14 heavy (non-hydrogen) atoms. The first kappa shape index (κ1) is 8.61. The molecule has 1 aliphatic rings. The van der Waals surface area contributed by atoms with Crippen molar-refractivity contribution in [3.05, 3.63) is 18.2 Å². The van der Waals surface area contributed by atoms with Crippen LogP contribution >= 0.6 is 0 Å². The number of carbonyl (C=O) groups is 1. The Kier molecular flexibility index (Phi) is 1.88. The van der Waals surface area contributed by atoms with Gasteiger partial charge in [0.1, 0.15) is 0 Å². The van der Waals surface area contributed by atoms with E-state index in [0.29, 0.717) is 5.82 Å². The number of carboxylic acid groups (broad SMARTS) is 1. The number of rotatable bonds is 3. The number of nitrogens with one attached hydrogen (secondary N) is 1. The second-order valence-electron chi connectivity index (χ2n) is 2.88. The highest BCUT2D eigenvalue weighted by molar-refractivity contribution is 6.17. The first-order chi connectivity index (χ1) is 6.73. The molecule has 2 N–H and O–H groups in total. The summed E-state index contributed by atoms with van der Waals surface area (Å²) >= 11 is 0. The second kappa shape index (κ2) is 3.06. The Morgan fingerprint density at radius 3 is 2.71 bits per heavy atom. The van der Waals surface area contributed by atoms with Crippen molar-refractivity contribution in [2.24, 2.45) is 9.98 Å². The van der Waals surface area contributed by atoms with Crippen LogP contribution < -0.4 is 0 Å². The van der Waals surface area contributed by atoms with E-state index < -0.39 is 11.6 Å². The van der Waals surface area contributed by atoms with E-state index in [2.05, 4.69) is 20.0 Å². The van der Waals surface area contributed by atoms with E-state index in [-0.39, 0.29) is 6.42 Å². The molecule has 0 bridgehead atoms. The number of H-pyrrole nitrogens is 1. The van der Waals surface area contributed by atoms with Gasteiger partial charge in [-0.05, 0) is 0 Å². The summed E-state index contributed by atoms with van der Waals surface area (Å²) in [5.41, 5.74) is -1.09. The minimum absolute atomic E-state index is 0.201. The van der Waals surface area contributed by atoms with Gasteiger partial charge in [-0.15, -0.1) is 0 Å². The van der Waals surface area contributed by atoms with Crippen LogP contribution in [-0.2, 0) is 10.5 Å². The Labute approximate surface area is 79.4 Å². The maximum Gasteiger partial charge on any atom is 0.308 e. The van der Waals surface area contributed by atoms with Crippen LogP contribution in [0.25, 0.3) is 0 Å². The molecule has 0 saturated heterocycles. The molecule has 1 aromatic rings. The van der Waals surface area contributed by atoms with Gasteiger partial charge in [0, 0.05) is 24.8 Å². The maximum atomic E-state index is 10.7. The lowest BCUT2D eigenvalue weighted by atomic mass is 10.1. The van der Waals surface area contributed by atoms with Crippen LogP contribution in [0.2, 0.25) is 0 Å². The SMILES string of the molecule is O=C(O)CC1(c2ncc[nH]2)N=CC=N1. The van der Waals surface area contributed by atoms with Crippen molar-refractivity contribution < 1.29 is 9.90 Å². The van der Waals surface area contributed by atoms with Gasteiger partial charge in [0.15, 0.2) is 5.82 Å². The number of hydrogen-bond donors (Lipinski definition) is 2. The molecule has 2 heterocycles. The van der Waals surface area contributed by atoms with Gasteiger partial charge in [0.05, 0.1) is 6.42 Å². The van der Waals surface area contributed by atoms with Gasteiger partial charge in [-0.3, -0.25) is 14.8 Å².